The van der Waals surface area contributed by atoms with Gasteiger partial charge in [-0.05, 0) is 43.9 Å². The molecule has 1 saturated heterocycles. The van der Waals surface area contributed by atoms with E-state index >= 15 is 0 Å². The van der Waals surface area contributed by atoms with Gasteiger partial charge in [-0.1, -0.05) is 25.3 Å². The fraction of sp³-hybridized carbons (Fsp3) is 0.708. The van der Waals surface area contributed by atoms with Crippen LogP contribution >= 0.6 is 0 Å². The molecule has 2 fully saturated rings. The molecule has 1 aromatic rings. The predicted octanol–water partition coefficient (Wildman–Crippen LogP) is 3.84. The van der Waals surface area contributed by atoms with E-state index in [1.54, 1.807) is 14.2 Å². The van der Waals surface area contributed by atoms with Crippen LogP contribution in [0, 0.1) is 5.92 Å². The minimum atomic E-state index is 0.0954. The van der Waals surface area contributed by atoms with Crippen molar-refractivity contribution in [1.29, 1.82) is 0 Å². The van der Waals surface area contributed by atoms with Crippen molar-refractivity contribution in [1.82, 2.24) is 10.2 Å². The summed E-state index contributed by atoms with van der Waals surface area (Å²) in [5, 5.41) is 3.73. The number of rotatable bonds is 8. The maximum Gasteiger partial charge on any atom is 0.193 e. The molecule has 0 aromatic heterocycles. The molecule has 1 aromatic carbocycles. The molecular weight excluding hydrogens is 378 g/mol. The van der Waals surface area contributed by atoms with Crippen LogP contribution in [0.4, 0.5) is 0 Å². The van der Waals surface area contributed by atoms with Crippen LogP contribution in [0.25, 0.3) is 0 Å². The highest BCUT2D eigenvalue weighted by Crippen LogP contribution is 2.42. The van der Waals surface area contributed by atoms with Gasteiger partial charge in [0, 0.05) is 44.6 Å². The number of methoxy groups -OCH3 is 2. The highest BCUT2D eigenvalue weighted by atomic mass is 16.5. The van der Waals surface area contributed by atoms with Gasteiger partial charge in [-0.15, -0.1) is 0 Å². The number of guanidine groups is 1. The molecule has 1 aliphatic carbocycles. The number of nitrogens with one attached hydrogen (secondary N) is 1. The molecular formula is C24H39N3O3. The van der Waals surface area contributed by atoms with E-state index in [1.165, 1.54) is 44.1 Å². The largest absolute Gasteiger partial charge is 0.493 e. The van der Waals surface area contributed by atoms with Crippen molar-refractivity contribution in [3.63, 3.8) is 0 Å². The fourth-order valence-corrected chi connectivity index (χ4v) is 4.99. The lowest BCUT2D eigenvalue weighted by atomic mass is 9.69. The summed E-state index contributed by atoms with van der Waals surface area (Å²) in [5.41, 5.74) is 1.43. The van der Waals surface area contributed by atoms with Crippen LogP contribution in [0.15, 0.2) is 23.2 Å². The summed E-state index contributed by atoms with van der Waals surface area (Å²) in [6.07, 6.45) is 7.36. The number of nitrogens with zero attached hydrogens (tertiary/aromatic N) is 2. The lowest BCUT2D eigenvalue weighted by Gasteiger charge is -2.39. The average molecular weight is 418 g/mol. The summed E-state index contributed by atoms with van der Waals surface area (Å²) < 4.78 is 16.7. The highest BCUT2D eigenvalue weighted by molar-refractivity contribution is 5.80. The van der Waals surface area contributed by atoms with E-state index in [4.69, 9.17) is 14.2 Å². The lowest BCUT2D eigenvalue weighted by Crippen LogP contribution is -2.47. The second kappa shape index (κ2) is 10.9. The minimum absolute atomic E-state index is 0.0954. The van der Waals surface area contributed by atoms with Crippen LogP contribution < -0.4 is 14.8 Å². The Bertz CT molecular complexity index is 701. The summed E-state index contributed by atoms with van der Waals surface area (Å²) >= 11 is 0. The van der Waals surface area contributed by atoms with Gasteiger partial charge in [0.25, 0.3) is 0 Å². The van der Waals surface area contributed by atoms with Gasteiger partial charge in [0.15, 0.2) is 17.5 Å². The molecule has 1 atom stereocenters. The quantitative estimate of drug-likeness (QED) is 0.514. The molecule has 1 aliphatic heterocycles. The second-order valence-electron chi connectivity index (χ2n) is 8.57. The highest BCUT2D eigenvalue weighted by Gasteiger charge is 2.35. The number of aliphatic imine (C=N–C) groups is 1. The lowest BCUT2D eigenvalue weighted by molar-refractivity contribution is 0.114. The summed E-state index contributed by atoms with van der Waals surface area (Å²) in [5.74, 6) is 3.20. The summed E-state index contributed by atoms with van der Waals surface area (Å²) in [6.45, 7) is 6.65. The van der Waals surface area contributed by atoms with Gasteiger partial charge in [-0.25, -0.2) is 0 Å². The molecule has 1 N–H and O–H groups in total. The van der Waals surface area contributed by atoms with Crippen LogP contribution in [0.1, 0.15) is 51.0 Å². The molecule has 168 valence electrons. The van der Waals surface area contributed by atoms with E-state index in [0.29, 0.717) is 5.92 Å². The van der Waals surface area contributed by atoms with Crippen molar-refractivity contribution in [2.45, 2.75) is 50.9 Å². The molecule has 0 spiro atoms. The van der Waals surface area contributed by atoms with Crippen molar-refractivity contribution in [2.75, 3.05) is 54.1 Å². The zero-order chi connectivity index (χ0) is 21.4. The first-order valence-electron chi connectivity index (χ1n) is 11.4. The Balaban J connectivity index is 1.72. The van der Waals surface area contributed by atoms with Crippen LogP contribution in [0.3, 0.4) is 0 Å². The number of benzene rings is 1. The van der Waals surface area contributed by atoms with E-state index in [9.17, 15) is 0 Å². The first kappa shape index (κ1) is 22.7. The van der Waals surface area contributed by atoms with E-state index in [0.717, 1.165) is 50.3 Å². The van der Waals surface area contributed by atoms with Gasteiger partial charge in [-0.3, -0.25) is 4.99 Å². The third-order valence-corrected chi connectivity index (χ3v) is 6.75. The van der Waals surface area contributed by atoms with Crippen molar-refractivity contribution >= 4 is 5.96 Å². The Morgan fingerprint density at radius 3 is 2.60 bits per heavy atom. The van der Waals surface area contributed by atoms with Crippen molar-refractivity contribution < 1.29 is 14.2 Å². The van der Waals surface area contributed by atoms with E-state index < -0.39 is 0 Å². The Labute approximate surface area is 182 Å². The normalized spacial score (nSPS) is 21.5. The van der Waals surface area contributed by atoms with Crippen molar-refractivity contribution in [2.24, 2.45) is 10.9 Å². The third-order valence-electron chi connectivity index (χ3n) is 6.75. The Hall–Kier alpha value is -1.95. The number of likely N-dealkylation sites (tertiary alicyclic amines) is 1. The maximum absolute atomic E-state index is 5.64. The topological polar surface area (TPSA) is 55.3 Å². The van der Waals surface area contributed by atoms with E-state index in [-0.39, 0.29) is 5.41 Å². The predicted molar refractivity (Wildman–Crippen MR) is 122 cm³/mol. The van der Waals surface area contributed by atoms with Crippen LogP contribution in [0.5, 0.6) is 11.5 Å². The van der Waals surface area contributed by atoms with Gasteiger partial charge in [0.2, 0.25) is 0 Å². The molecule has 1 saturated carbocycles. The molecule has 0 amide bonds. The second-order valence-corrected chi connectivity index (χ2v) is 8.57. The van der Waals surface area contributed by atoms with Gasteiger partial charge < -0.3 is 24.4 Å². The Morgan fingerprint density at radius 1 is 1.17 bits per heavy atom. The smallest absolute Gasteiger partial charge is 0.193 e. The number of ether oxygens (including phenoxy) is 3. The zero-order valence-corrected chi connectivity index (χ0v) is 19.2. The molecule has 30 heavy (non-hydrogen) atoms. The van der Waals surface area contributed by atoms with Crippen LogP contribution in [0.2, 0.25) is 0 Å². The molecule has 1 heterocycles. The van der Waals surface area contributed by atoms with Crippen molar-refractivity contribution in [3.05, 3.63) is 23.8 Å². The summed E-state index contributed by atoms with van der Waals surface area (Å²) in [6, 6.07) is 6.42. The molecule has 0 radical (unpaired) electrons. The van der Waals surface area contributed by atoms with Crippen molar-refractivity contribution in [3.8, 4) is 11.5 Å². The van der Waals surface area contributed by atoms with Gasteiger partial charge in [0.05, 0.1) is 20.8 Å². The molecule has 1 unspecified atom stereocenters. The van der Waals surface area contributed by atoms with Gasteiger partial charge in [-0.2, -0.15) is 0 Å². The monoisotopic (exact) mass is 417 g/mol. The molecule has 0 bridgehead atoms. The Kier molecular flexibility index (Phi) is 8.25. The zero-order valence-electron chi connectivity index (χ0n) is 19.2. The third kappa shape index (κ3) is 5.20. The first-order chi connectivity index (χ1) is 14.7. The van der Waals surface area contributed by atoms with Crippen LogP contribution in [-0.4, -0.2) is 65.0 Å². The molecule has 6 nitrogen and oxygen atoms in total. The van der Waals surface area contributed by atoms with Gasteiger partial charge in [0.1, 0.15) is 0 Å². The van der Waals surface area contributed by atoms with Crippen LogP contribution in [-0.2, 0) is 10.2 Å². The average Bonchev–Trinajstić information content (AvgIpc) is 3.27. The van der Waals surface area contributed by atoms with E-state index in [2.05, 4.69) is 34.3 Å². The molecule has 6 heteroatoms. The fourth-order valence-electron chi connectivity index (χ4n) is 4.99. The summed E-state index contributed by atoms with van der Waals surface area (Å²) in [7, 11) is 5.29. The number of hydrogen-bond donors (Lipinski definition) is 1. The SMILES string of the molecule is CCOCC1CCN(C(=NC)NCC2(c3ccc(OC)c(OC)c3)CCCCC2)C1. The van der Waals surface area contributed by atoms with E-state index in [1.807, 2.05) is 13.1 Å². The Morgan fingerprint density at radius 2 is 1.93 bits per heavy atom. The minimum Gasteiger partial charge on any atom is -0.493 e. The first-order valence-corrected chi connectivity index (χ1v) is 11.4. The maximum atomic E-state index is 5.64. The molecule has 2 aliphatic rings. The standard InChI is InChI=1S/C24H39N3O3/c1-5-30-17-19-11-14-27(16-19)23(25-2)26-18-24(12-7-6-8-13-24)20-9-10-21(28-3)22(15-20)29-4/h9-10,15,19H,5-8,11-14,16-18H2,1-4H3,(H,25,26). The van der Waals surface area contributed by atoms with Gasteiger partial charge >= 0.3 is 0 Å². The number of hydrogen-bond acceptors (Lipinski definition) is 4. The summed E-state index contributed by atoms with van der Waals surface area (Å²) in [4.78, 5) is 6.98. The molecule has 3 rings (SSSR count).